The number of methoxy groups -OCH3 is 2. The zero-order chi connectivity index (χ0) is 19.8. The van der Waals surface area contributed by atoms with Crippen molar-refractivity contribution in [3.05, 3.63) is 53.6 Å². The number of urea groups is 1. The van der Waals surface area contributed by atoms with E-state index in [2.05, 4.69) is 10.6 Å². The lowest BCUT2D eigenvalue weighted by atomic mass is 10.1. The topological polar surface area (TPSA) is 68.8 Å². The zero-order valence-corrected chi connectivity index (χ0v) is 16.5. The van der Waals surface area contributed by atoms with Crippen molar-refractivity contribution in [3.63, 3.8) is 0 Å². The van der Waals surface area contributed by atoms with Crippen molar-refractivity contribution in [2.75, 3.05) is 14.2 Å². The van der Waals surface area contributed by atoms with Gasteiger partial charge in [-0.15, -0.1) is 0 Å². The number of nitrogens with one attached hydrogen (secondary N) is 2. The smallest absolute Gasteiger partial charge is 0.315 e. The van der Waals surface area contributed by atoms with Crippen molar-refractivity contribution in [2.45, 2.75) is 39.5 Å². The standard InChI is InChI=1S/C21H28N2O4/c1-14(2)27-18-8-6-7-16(11-18)13-22-21(24)23-15(3)19-10-9-17(25-4)12-20(19)26-5/h6-12,14-15H,13H2,1-5H3,(H2,22,23,24). The molecule has 0 aliphatic carbocycles. The van der Waals surface area contributed by atoms with Gasteiger partial charge in [0.2, 0.25) is 0 Å². The molecule has 0 heterocycles. The predicted octanol–water partition coefficient (Wildman–Crippen LogP) is 4.05. The lowest BCUT2D eigenvalue weighted by molar-refractivity contribution is 0.236. The van der Waals surface area contributed by atoms with Gasteiger partial charge in [0.25, 0.3) is 0 Å². The second-order valence-corrected chi connectivity index (χ2v) is 6.47. The summed E-state index contributed by atoms with van der Waals surface area (Å²) in [5.41, 5.74) is 1.85. The Morgan fingerprint density at radius 3 is 2.44 bits per heavy atom. The summed E-state index contributed by atoms with van der Waals surface area (Å²) in [5.74, 6) is 2.16. The van der Waals surface area contributed by atoms with Gasteiger partial charge >= 0.3 is 6.03 Å². The van der Waals surface area contributed by atoms with Crippen LogP contribution in [-0.2, 0) is 6.54 Å². The summed E-state index contributed by atoms with van der Waals surface area (Å²) in [7, 11) is 3.20. The minimum absolute atomic E-state index is 0.108. The van der Waals surface area contributed by atoms with Gasteiger partial charge in [0.15, 0.2) is 0 Å². The molecule has 0 aliphatic rings. The minimum Gasteiger partial charge on any atom is -0.497 e. The maximum absolute atomic E-state index is 12.3. The van der Waals surface area contributed by atoms with Gasteiger partial charge in [0.1, 0.15) is 17.2 Å². The van der Waals surface area contributed by atoms with Gasteiger partial charge < -0.3 is 24.8 Å². The third-order valence-corrected chi connectivity index (χ3v) is 3.98. The van der Waals surface area contributed by atoms with Gasteiger partial charge in [0, 0.05) is 18.2 Å². The lowest BCUT2D eigenvalue weighted by Crippen LogP contribution is -2.36. The summed E-state index contributed by atoms with van der Waals surface area (Å²) in [4.78, 5) is 12.3. The highest BCUT2D eigenvalue weighted by atomic mass is 16.5. The first kappa shape index (κ1) is 20.4. The third kappa shape index (κ3) is 6.09. The highest BCUT2D eigenvalue weighted by molar-refractivity contribution is 5.74. The van der Waals surface area contributed by atoms with Crippen LogP contribution >= 0.6 is 0 Å². The Bertz CT molecular complexity index is 762. The van der Waals surface area contributed by atoms with Gasteiger partial charge in [-0.3, -0.25) is 0 Å². The maximum Gasteiger partial charge on any atom is 0.315 e. The Balaban J connectivity index is 1.94. The van der Waals surface area contributed by atoms with Crippen molar-refractivity contribution in [1.29, 1.82) is 0 Å². The molecule has 6 heteroatoms. The van der Waals surface area contributed by atoms with E-state index >= 15 is 0 Å². The van der Waals surface area contributed by atoms with Crippen LogP contribution in [0.25, 0.3) is 0 Å². The van der Waals surface area contributed by atoms with Gasteiger partial charge in [0.05, 0.1) is 26.4 Å². The third-order valence-electron chi connectivity index (χ3n) is 3.98. The second kappa shape index (κ2) is 9.71. The van der Waals surface area contributed by atoms with Gasteiger partial charge in [-0.05, 0) is 50.6 Å². The average molecular weight is 372 g/mol. The molecule has 1 unspecified atom stereocenters. The predicted molar refractivity (Wildman–Crippen MR) is 106 cm³/mol. The fourth-order valence-electron chi connectivity index (χ4n) is 2.68. The minimum atomic E-state index is -0.254. The molecule has 27 heavy (non-hydrogen) atoms. The molecule has 0 bridgehead atoms. The van der Waals surface area contributed by atoms with Crippen molar-refractivity contribution in [1.82, 2.24) is 10.6 Å². The molecule has 6 nitrogen and oxygen atoms in total. The number of hydrogen-bond donors (Lipinski definition) is 2. The number of ether oxygens (including phenoxy) is 3. The van der Waals surface area contributed by atoms with E-state index in [1.807, 2.05) is 57.2 Å². The highest BCUT2D eigenvalue weighted by Gasteiger charge is 2.15. The maximum atomic E-state index is 12.3. The van der Waals surface area contributed by atoms with Crippen LogP contribution in [0.1, 0.15) is 37.9 Å². The van der Waals surface area contributed by atoms with Crippen LogP contribution in [0.2, 0.25) is 0 Å². The van der Waals surface area contributed by atoms with Crippen LogP contribution < -0.4 is 24.8 Å². The van der Waals surface area contributed by atoms with E-state index < -0.39 is 0 Å². The lowest BCUT2D eigenvalue weighted by Gasteiger charge is -2.18. The van der Waals surface area contributed by atoms with Crippen molar-refractivity contribution >= 4 is 6.03 Å². The average Bonchev–Trinajstić information content (AvgIpc) is 2.65. The molecule has 0 aliphatic heterocycles. The number of carbonyl (C=O) groups excluding carboxylic acids is 1. The number of hydrogen-bond acceptors (Lipinski definition) is 4. The first-order valence-corrected chi connectivity index (χ1v) is 8.94. The number of amides is 2. The van der Waals surface area contributed by atoms with E-state index in [0.717, 1.165) is 16.9 Å². The Labute approximate surface area is 160 Å². The fraction of sp³-hybridized carbons (Fsp3) is 0.381. The second-order valence-electron chi connectivity index (χ2n) is 6.47. The van der Waals surface area contributed by atoms with Crippen LogP contribution in [0.3, 0.4) is 0 Å². The summed E-state index contributed by atoms with van der Waals surface area (Å²) in [5, 5.41) is 5.79. The highest BCUT2D eigenvalue weighted by Crippen LogP contribution is 2.29. The molecule has 1 atom stereocenters. The molecule has 146 valence electrons. The van der Waals surface area contributed by atoms with E-state index in [0.29, 0.717) is 18.0 Å². The number of rotatable bonds is 8. The fourth-order valence-corrected chi connectivity index (χ4v) is 2.68. The van der Waals surface area contributed by atoms with Crippen molar-refractivity contribution in [3.8, 4) is 17.2 Å². The summed E-state index contributed by atoms with van der Waals surface area (Å²) in [6, 6.07) is 12.7. The molecule has 0 aromatic heterocycles. The quantitative estimate of drug-likeness (QED) is 0.733. The molecule has 0 fully saturated rings. The van der Waals surface area contributed by atoms with Crippen LogP contribution in [-0.4, -0.2) is 26.4 Å². The Kier molecular flexibility index (Phi) is 7.34. The summed E-state index contributed by atoms with van der Waals surface area (Å²) < 4.78 is 16.3. The Hall–Kier alpha value is -2.89. The Morgan fingerprint density at radius 1 is 1.00 bits per heavy atom. The molecule has 2 rings (SSSR count). The van der Waals surface area contributed by atoms with Crippen LogP contribution in [0.5, 0.6) is 17.2 Å². The van der Waals surface area contributed by atoms with E-state index in [4.69, 9.17) is 14.2 Å². The van der Waals surface area contributed by atoms with Crippen LogP contribution in [0.4, 0.5) is 4.79 Å². The largest absolute Gasteiger partial charge is 0.497 e. The van der Waals surface area contributed by atoms with E-state index in [-0.39, 0.29) is 18.2 Å². The zero-order valence-electron chi connectivity index (χ0n) is 16.5. The number of carbonyl (C=O) groups is 1. The van der Waals surface area contributed by atoms with Crippen LogP contribution in [0, 0.1) is 0 Å². The molecule has 0 saturated carbocycles. The van der Waals surface area contributed by atoms with Crippen LogP contribution in [0.15, 0.2) is 42.5 Å². The van der Waals surface area contributed by atoms with Gasteiger partial charge in [-0.25, -0.2) is 4.79 Å². The molecule has 2 N–H and O–H groups in total. The first-order chi connectivity index (χ1) is 12.9. The molecule has 0 saturated heterocycles. The molecule has 0 spiro atoms. The monoisotopic (exact) mass is 372 g/mol. The SMILES string of the molecule is COc1ccc(C(C)NC(=O)NCc2cccc(OC(C)C)c2)c(OC)c1. The van der Waals surface area contributed by atoms with Gasteiger partial charge in [-0.2, -0.15) is 0 Å². The summed E-state index contributed by atoms with van der Waals surface area (Å²) in [6.07, 6.45) is 0.108. The van der Waals surface area contributed by atoms with E-state index in [9.17, 15) is 4.79 Å². The normalized spacial score (nSPS) is 11.6. The molecule has 0 radical (unpaired) electrons. The summed E-state index contributed by atoms with van der Waals surface area (Å²) >= 11 is 0. The molecule has 2 amide bonds. The van der Waals surface area contributed by atoms with Gasteiger partial charge in [-0.1, -0.05) is 12.1 Å². The van der Waals surface area contributed by atoms with E-state index in [1.54, 1.807) is 20.3 Å². The Morgan fingerprint density at radius 2 is 1.78 bits per heavy atom. The molecular formula is C21H28N2O4. The van der Waals surface area contributed by atoms with Crippen molar-refractivity contribution in [2.24, 2.45) is 0 Å². The van der Waals surface area contributed by atoms with Crippen molar-refractivity contribution < 1.29 is 19.0 Å². The molecule has 2 aromatic rings. The number of benzene rings is 2. The molecular weight excluding hydrogens is 344 g/mol. The summed E-state index contributed by atoms with van der Waals surface area (Å²) in [6.45, 7) is 6.27. The molecule has 2 aromatic carbocycles. The van der Waals surface area contributed by atoms with E-state index in [1.165, 1.54) is 0 Å². The first-order valence-electron chi connectivity index (χ1n) is 8.94.